The van der Waals surface area contributed by atoms with Gasteiger partial charge in [0.05, 0.1) is 12.6 Å². The van der Waals surface area contributed by atoms with Crippen molar-refractivity contribution < 1.29 is 13.9 Å². The Labute approximate surface area is 137 Å². The van der Waals surface area contributed by atoms with Crippen LogP contribution in [0.5, 0.6) is 5.75 Å². The van der Waals surface area contributed by atoms with E-state index in [1.165, 1.54) is 12.1 Å². The fourth-order valence-electron chi connectivity index (χ4n) is 2.64. The first-order chi connectivity index (χ1) is 11.1. The van der Waals surface area contributed by atoms with Gasteiger partial charge in [0.2, 0.25) is 5.91 Å². The van der Waals surface area contributed by atoms with E-state index >= 15 is 0 Å². The second-order valence-electron chi connectivity index (χ2n) is 5.93. The van der Waals surface area contributed by atoms with E-state index in [0.29, 0.717) is 18.9 Å². The molecule has 0 bridgehead atoms. The lowest BCUT2D eigenvalue weighted by molar-refractivity contribution is -0.127. The van der Waals surface area contributed by atoms with Crippen LogP contribution in [-0.2, 0) is 4.79 Å². The van der Waals surface area contributed by atoms with Crippen molar-refractivity contribution in [3.63, 3.8) is 0 Å². The highest BCUT2D eigenvalue weighted by atomic mass is 19.1. The van der Waals surface area contributed by atoms with Gasteiger partial charge in [-0.05, 0) is 57.1 Å². The molecule has 1 fully saturated rings. The number of carbonyl (C=O) groups excluding carboxylic acids is 1. The summed E-state index contributed by atoms with van der Waals surface area (Å²) in [7, 11) is 0. The van der Waals surface area contributed by atoms with Crippen LogP contribution in [0, 0.1) is 24.1 Å². The third-order valence-electron chi connectivity index (χ3n) is 3.98. The van der Waals surface area contributed by atoms with Gasteiger partial charge in [-0.1, -0.05) is 5.92 Å². The Morgan fingerprint density at radius 3 is 2.70 bits per heavy atom. The number of likely N-dealkylation sites (tertiary alicyclic amines) is 1. The number of terminal acetylenes is 1. The van der Waals surface area contributed by atoms with Crippen LogP contribution in [0.15, 0.2) is 24.3 Å². The molecule has 2 rings (SSSR count). The highest BCUT2D eigenvalue weighted by molar-refractivity contribution is 5.79. The van der Waals surface area contributed by atoms with Crippen LogP contribution in [-0.4, -0.2) is 43.1 Å². The normalized spacial score (nSPS) is 17.3. The molecular formula is C18H23FN2O2. The fraction of sp³-hybridized carbons (Fsp3) is 0.500. The average Bonchev–Trinajstić information content (AvgIpc) is 2.55. The number of rotatable bonds is 6. The Kier molecular flexibility index (Phi) is 6.42. The van der Waals surface area contributed by atoms with Crippen molar-refractivity contribution >= 4 is 5.91 Å². The fourth-order valence-corrected chi connectivity index (χ4v) is 2.64. The zero-order valence-corrected chi connectivity index (χ0v) is 13.4. The van der Waals surface area contributed by atoms with Crippen LogP contribution in [0.4, 0.5) is 4.39 Å². The quantitative estimate of drug-likeness (QED) is 0.816. The molecule has 1 heterocycles. The van der Waals surface area contributed by atoms with Crippen LogP contribution >= 0.6 is 0 Å². The monoisotopic (exact) mass is 318 g/mol. The van der Waals surface area contributed by atoms with Crippen molar-refractivity contribution in [1.29, 1.82) is 0 Å². The number of hydrogen-bond acceptors (Lipinski definition) is 3. The van der Waals surface area contributed by atoms with Crippen molar-refractivity contribution in [2.45, 2.75) is 25.8 Å². The average molecular weight is 318 g/mol. The van der Waals surface area contributed by atoms with Gasteiger partial charge in [-0.15, -0.1) is 6.42 Å². The van der Waals surface area contributed by atoms with Gasteiger partial charge in [0, 0.05) is 5.92 Å². The van der Waals surface area contributed by atoms with E-state index in [4.69, 9.17) is 11.2 Å². The van der Waals surface area contributed by atoms with Crippen molar-refractivity contribution in [3.05, 3.63) is 30.1 Å². The number of carbonyl (C=O) groups is 1. The van der Waals surface area contributed by atoms with Crippen LogP contribution < -0.4 is 10.1 Å². The van der Waals surface area contributed by atoms with E-state index in [0.717, 1.165) is 25.9 Å². The SMILES string of the molecule is C#CCN1CCC(C(=O)NC(C)COc2ccc(F)cc2)CC1. The van der Waals surface area contributed by atoms with Gasteiger partial charge < -0.3 is 10.1 Å². The van der Waals surface area contributed by atoms with Gasteiger partial charge in [-0.3, -0.25) is 9.69 Å². The molecule has 0 spiro atoms. The first-order valence-corrected chi connectivity index (χ1v) is 7.93. The topological polar surface area (TPSA) is 41.6 Å². The molecule has 1 N–H and O–H groups in total. The summed E-state index contributed by atoms with van der Waals surface area (Å²) in [6.07, 6.45) is 6.97. The van der Waals surface area contributed by atoms with Gasteiger partial charge in [-0.25, -0.2) is 4.39 Å². The number of amides is 1. The van der Waals surface area contributed by atoms with E-state index in [1.54, 1.807) is 12.1 Å². The summed E-state index contributed by atoms with van der Waals surface area (Å²) in [6, 6.07) is 5.75. The minimum Gasteiger partial charge on any atom is -0.491 e. The summed E-state index contributed by atoms with van der Waals surface area (Å²) >= 11 is 0. The lowest BCUT2D eigenvalue weighted by atomic mass is 9.95. The van der Waals surface area contributed by atoms with Gasteiger partial charge in [0.1, 0.15) is 18.2 Å². The summed E-state index contributed by atoms with van der Waals surface area (Å²) in [6.45, 7) is 4.63. The Bertz CT molecular complexity index is 545. The third kappa shape index (κ3) is 5.57. The first-order valence-electron chi connectivity index (χ1n) is 7.93. The van der Waals surface area contributed by atoms with Crippen LogP contribution in [0.25, 0.3) is 0 Å². The zero-order chi connectivity index (χ0) is 16.7. The molecule has 1 atom stereocenters. The van der Waals surface area contributed by atoms with E-state index < -0.39 is 0 Å². The van der Waals surface area contributed by atoms with Gasteiger partial charge in [0.15, 0.2) is 0 Å². The van der Waals surface area contributed by atoms with E-state index in [2.05, 4.69) is 16.1 Å². The smallest absolute Gasteiger partial charge is 0.223 e. The molecule has 1 saturated heterocycles. The molecule has 1 aromatic rings. The number of nitrogens with zero attached hydrogens (tertiary/aromatic N) is 1. The first kappa shape index (κ1) is 17.3. The Morgan fingerprint density at radius 1 is 1.43 bits per heavy atom. The summed E-state index contributed by atoms with van der Waals surface area (Å²) in [5.41, 5.74) is 0. The molecule has 0 aromatic heterocycles. The second-order valence-corrected chi connectivity index (χ2v) is 5.93. The van der Waals surface area contributed by atoms with E-state index in [1.807, 2.05) is 6.92 Å². The number of halogens is 1. The molecule has 0 saturated carbocycles. The molecule has 1 unspecified atom stereocenters. The lowest BCUT2D eigenvalue weighted by Crippen LogP contribution is -2.44. The molecule has 23 heavy (non-hydrogen) atoms. The minimum atomic E-state index is -0.296. The third-order valence-corrected chi connectivity index (χ3v) is 3.98. The van der Waals surface area contributed by atoms with Gasteiger partial charge in [0.25, 0.3) is 0 Å². The van der Waals surface area contributed by atoms with Gasteiger partial charge in [-0.2, -0.15) is 0 Å². The van der Waals surface area contributed by atoms with Crippen LogP contribution in [0.2, 0.25) is 0 Å². The molecule has 5 heteroatoms. The molecule has 1 aromatic carbocycles. The van der Waals surface area contributed by atoms with Crippen LogP contribution in [0.1, 0.15) is 19.8 Å². The molecule has 1 amide bonds. The predicted molar refractivity (Wildman–Crippen MR) is 87.5 cm³/mol. The highest BCUT2D eigenvalue weighted by Crippen LogP contribution is 2.17. The van der Waals surface area contributed by atoms with Crippen molar-refractivity contribution in [1.82, 2.24) is 10.2 Å². The molecule has 124 valence electrons. The van der Waals surface area contributed by atoms with E-state index in [-0.39, 0.29) is 23.7 Å². The summed E-state index contributed by atoms with van der Waals surface area (Å²) < 4.78 is 18.4. The maximum absolute atomic E-state index is 12.8. The van der Waals surface area contributed by atoms with Crippen molar-refractivity contribution in [2.24, 2.45) is 5.92 Å². The molecule has 1 aliphatic heterocycles. The van der Waals surface area contributed by atoms with Crippen molar-refractivity contribution in [3.8, 4) is 18.1 Å². The zero-order valence-electron chi connectivity index (χ0n) is 13.4. The standard InChI is InChI=1S/C18H23FN2O2/c1-3-10-21-11-8-15(9-12-21)18(22)20-14(2)13-23-17-6-4-16(19)5-7-17/h1,4-7,14-15H,8-13H2,2H3,(H,20,22). The largest absolute Gasteiger partial charge is 0.491 e. The summed E-state index contributed by atoms with van der Waals surface area (Å²) in [5.74, 6) is 3.04. The molecule has 4 nitrogen and oxygen atoms in total. The number of piperidine rings is 1. The highest BCUT2D eigenvalue weighted by Gasteiger charge is 2.25. The second kappa shape index (κ2) is 8.54. The Morgan fingerprint density at radius 2 is 2.09 bits per heavy atom. The summed E-state index contributed by atoms with van der Waals surface area (Å²) in [4.78, 5) is 14.4. The maximum atomic E-state index is 12.8. The molecular weight excluding hydrogens is 295 g/mol. The number of benzene rings is 1. The van der Waals surface area contributed by atoms with E-state index in [9.17, 15) is 9.18 Å². The van der Waals surface area contributed by atoms with Gasteiger partial charge >= 0.3 is 0 Å². The lowest BCUT2D eigenvalue weighted by Gasteiger charge is -2.30. The number of hydrogen-bond donors (Lipinski definition) is 1. The molecule has 0 radical (unpaired) electrons. The maximum Gasteiger partial charge on any atom is 0.223 e. The predicted octanol–water partition coefficient (Wildman–Crippen LogP) is 2.05. The Balaban J connectivity index is 1.70. The number of ether oxygens (including phenoxy) is 1. The van der Waals surface area contributed by atoms with Crippen molar-refractivity contribution in [2.75, 3.05) is 26.2 Å². The minimum absolute atomic E-state index is 0.0392. The number of nitrogens with one attached hydrogen (secondary N) is 1. The summed E-state index contributed by atoms with van der Waals surface area (Å²) in [5, 5.41) is 2.98. The molecule has 0 aliphatic carbocycles. The van der Waals surface area contributed by atoms with Crippen LogP contribution in [0.3, 0.4) is 0 Å². The Hall–Kier alpha value is -2.06. The molecule has 1 aliphatic rings.